The van der Waals surface area contributed by atoms with Crippen LogP contribution in [0, 0.1) is 0 Å². The highest BCUT2D eigenvalue weighted by Crippen LogP contribution is 2.27. The summed E-state index contributed by atoms with van der Waals surface area (Å²) in [6, 6.07) is 7.22. The largest absolute Gasteiger partial charge is 0.372 e. The van der Waals surface area contributed by atoms with E-state index in [1.54, 1.807) is 0 Å². The van der Waals surface area contributed by atoms with Crippen LogP contribution in [0.4, 0.5) is 5.69 Å². The molecule has 1 aromatic rings. The normalized spacial score (nSPS) is 14.3. The van der Waals surface area contributed by atoms with Crippen molar-refractivity contribution in [2.45, 2.75) is 52.1 Å². The number of hydrogen-bond donors (Lipinski definition) is 1. The van der Waals surface area contributed by atoms with Crippen LogP contribution in [0.2, 0.25) is 0 Å². The van der Waals surface area contributed by atoms with Crippen LogP contribution < -0.4 is 10.6 Å². The quantitative estimate of drug-likeness (QED) is 0.861. The second kappa shape index (κ2) is 7.15. The van der Waals surface area contributed by atoms with E-state index in [0.717, 1.165) is 10.9 Å². The number of nitrogens with two attached hydrogens (primary N) is 1. The highest BCUT2D eigenvalue weighted by Gasteiger charge is 2.14. The van der Waals surface area contributed by atoms with Gasteiger partial charge in [0, 0.05) is 29.3 Å². The molecule has 18 heavy (non-hydrogen) atoms. The zero-order valence-corrected chi connectivity index (χ0v) is 13.5. The average molecular weight is 313 g/mol. The second-order valence-electron chi connectivity index (χ2n) is 5.20. The maximum absolute atomic E-state index is 5.94. The summed E-state index contributed by atoms with van der Waals surface area (Å²) in [5, 5.41) is 0. The van der Waals surface area contributed by atoms with E-state index in [0.29, 0.717) is 6.04 Å². The minimum Gasteiger partial charge on any atom is -0.372 e. The highest BCUT2D eigenvalue weighted by atomic mass is 79.9. The average Bonchev–Trinajstić information content (AvgIpc) is 2.30. The number of anilines is 1. The van der Waals surface area contributed by atoms with Crippen LogP contribution in [0.3, 0.4) is 0 Å². The van der Waals surface area contributed by atoms with Crippen LogP contribution in [0.15, 0.2) is 22.7 Å². The lowest BCUT2D eigenvalue weighted by Crippen LogP contribution is -2.30. The van der Waals surface area contributed by atoms with Crippen LogP contribution in [-0.2, 0) is 6.42 Å². The molecular formula is C15H25BrN2. The van der Waals surface area contributed by atoms with Gasteiger partial charge in [0.25, 0.3) is 0 Å². The number of benzene rings is 1. The number of nitrogens with zero attached hydrogens (tertiary/aromatic N) is 1. The molecule has 0 saturated carbocycles. The number of rotatable bonds is 6. The van der Waals surface area contributed by atoms with Gasteiger partial charge < -0.3 is 10.6 Å². The maximum atomic E-state index is 5.94. The van der Waals surface area contributed by atoms with E-state index in [4.69, 9.17) is 5.73 Å². The van der Waals surface area contributed by atoms with Gasteiger partial charge in [0.05, 0.1) is 0 Å². The summed E-state index contributed by atoms with van der Waals surface area (Å²) in [6.45, 7) is 6.56. The van der Waals surface area contributed by atoms with E-state index in [-0.39, 0.29) is 6.04 Å². The van der Waals surface area contributed by atoms with E-state index >= 15 is 0 Å². The van der Waals surface area contributed by atoms with Crippen molar-refractivity contribution in [2.24, 2.45) is 5.73 Å². The molecule has 0 aliphatic rings. The predicted molar refractivity (Wildman–Crippen MR) is 84.3 cm³/mol. The molecule has 0 saturated heterocycles. The molecule has 2 N–H and O–H groups in total. The molecule has 0 radical (unpaired) electrons. The van der Waals surface area contributed by atoms with Crippen LogP contribution >= 0.6 is 15.9 Å². The highest BCUT2D eigenvalue weighted by molar-refractivity contribution is 9.10. The Balaban J connectivity index is 3.00. The van der Waals surface area contributed by atoms with E-state index < -0.39 is 0 Å². The number of hydrogen-bond acceptors (Lipinski definition) is 2. The Morgan fingerprint density at radius 3 is 2.56 bits per heavy atom. The maximum Gasteiger partial charge on any atom is 0.0410 e. The molecule has 2 unspecified atom stereocenters. The molecule has 2 nitrogen and oxygen atoms in total. The van der Waals surface area contributed by atoms with Crippen LogP contribution in [-0.4, -0.2) is 19.1 Å². The van der Waals surface area contributed by atoms with Gasteiger partial charge in [-0.2, -0.15) is 0 Å². The Hall–Kier alpha value is -0.540. The second-order valence-corrected chi connectivity index (χ2v) is 6.12. The summed E-state index contributed by atoms with van der Waals surface area (Å²) in [7, 11) is 2.17. The minimum atomic E-state index is 0.194. The Bertz CT molecular complexity index is 377. The predicted octanol–water partition coefficient (Wildman–Crippen LogP) is 3.96. The first-order valence-corrected chi connectivity index (χ1v) is 7.51. The van der Waals surface area contributed by atoms with E-state index in [2.05, 4.69) is 66.8 Å². The molecule has 1 rings (SSSR count). The van der Waals surface area contributed by atoms with Crippen molar-refractivity contribution in [1.82, 2.24) is 0 Å². The lowest BCUT2D eigenvalue weighted by atomic mass is 10.0. The van der Waals surface area contributed by atoms with Crippen molar-refractivity contribution < 1.29 is 0 Å². The van der Waals surface area contributed by atoms with Gasteiger partial charge in [-0.15, -0.1) is 0 Å². The smallest absolute Gasteiger partial charge is 0.0410 e. The summed E-state index contributed by atoms with van der Waals surface area (Å²) in [5.74, 6) is 0. The monoisotopic (exact) mass is 312 g/mol. The molecule has 0 heterocycles. The van der Waals surface area contributed by atoms with Crippen LogP contribution in [0.25, 0.3) is 0 Å². The molecule has 2 atom stereocenters. The third-order valence-electron chi connectivity index (χ3n) is 3.34. The van der Waals surface area contributed by atoms with Crippen LogP contribution in [0.5, 0.6) is 0 Å². The third-order valence-corrected chi connectivity index (χ3v) is 3.83. The van der Waals surface area contributed by atoms with Gasteiger partial charge in [-0.1, -0.05) is 35.3 Å². The summed E-state index contributed by atoms with van der Waals surface area (Å²) < 4.78 is 1.13. The van der Waals surface area contributed by atoms with Gasteiger partial charge in [-0.3, -0.25) is 0 Å². The Kier molecular flexibility index (Phi) is 6.16. The van der Waals surface area contributed by atoms with Crippen molar-refractivity contribution in [3.05, 3.63) is 28.2 Å². The topological polar surface area (TPSA) is 29.3 Å². The van der Waals surface area contributed by atoms with Gasteiger partial charge in [0.1, 0.15) is 0 Å². The third kappa shape index (κ3) is 4.29. The molecule has 1 aromatic carbocycles. The van der Waals surface area contributed by atoms with Gasteiger partial charge in [0.2, 0.25) is 0 Å². The van der Waals surface area contributed by atoms with E-state index in [9.17, 15) is 0 Å². The molecular weight excluding hydrogens is 288 g/mol. The van der Waals surface area contributed by atoms with Crippen molar-refractivity contribution in [3.63, 3.8) is 0 Å². The summed E-state index contributed by atoms with van der Waals surface area (Å²) in [6.07, 6.45) is 3.34. The minimum absolute atomic E-state index is 0.194. The van der Waals surface area contributed by atoms with E-state index in [1.807, 2.05) is 0 Å². The van der Waals surface area contributed by atoms with Crippen molar-refractivity contribution in [2.75, 3.05) is 11.9 Å². The van der Waals surface area contributed by atoms with Gasteiger partial charge in [-0.05, 0) is 44.4 Å². The number of halogens is 1. The van der Waals surface area contributed by atoms with Gasteiger partial charge in [-0.25, -0.2) is 0 Å². The Morgan fingerprint density at radius 1 is 1.33 bits per heavy atom. The molecule has 3 heteroatoms. The molecule has 0 spiro atoms. The molecule has 0 aliphatic heterocycles. The molecule has 0 aliphatic carbocycles. The standard InChI is InChI=1S/C15H25BrN2/c1-5-6-12(3)18(4)15-10-14(16)8-7-13(15)9-11(2)17/h7-8,10-12H,5-6,9,17H2,1-4H3. The van der Waals surface area contributed by atoms with Gasteiger partial charge >= 0.3 is 0 Å². The lowest BCUT2D eigenvalue weighted by molar-refractivity contribution is 0.612. The van der Waals surface area contributed by atoms with Crippen molar-refractivity contribution in [1.29, 1.82) is 0 Å². The van der Waals surface area contributed by atoms with Gasteiger partial charge in [0.15, 0.2) is 0 Å². The molecule has 0 fully saturated rings. The summed E-state index contributed by atoms with van der Waals surface area (Å²) in [5.41, 5.74) is 8.56. The molecule has 102 valence electrons. The van der Waals surface area contributed by atoms with Crippen LogP contribution in [0.1, 0.15) is 39.2 Å². The van der Waals surface area contributed by atoms with Crippen molar-refractivity contribution in [3.8, 4) is 0 Å². The first-order valence-electron chi connectivity index (χ1n) is 6.72. The SMILES string of the molecule is CCCC(C)N(C)c1cc(Br)ccc1CC(C)N. The molecule has 0 bridgehead atoms. The lowest BCUT2D eigenvalue weighted by Gasteiger charge is -2.29. The fraction of sp³-hybridized carbons (Fsp3) is 0.600. The Morgan fingerprint density at radius 2 is 2.00 bits per heavy atom. The first kappa shape index (κ1) is 15.5. The van der Waals surface area contributed by atoms with Crippen molar-refractivity contribution >= 4 is 21.6 Å². The first-order chi connectivity index (χ1) is 8.45. The Labute approximate surface area is 120 Å². The summed E-state index contributed by atoms with van der Waals surface area (Å²) in [4.78, 5) is 2.37. The zero-order chi connectivity index (χ0) is 13.7. The zero-order valence-electron chi connectivity index (χ0n) is 11.9. The molecule has 0 aromatic heterocycles. The van der Waals surface area contributed by atoms with E-state index in [1.165, 1.54) is 24.1 Å². The fourth-order valence-electron chi connectivity index (χ4n) is 2.23. The fourth-order valence-corrected chi connectivity index (χ4v) is 2.58. The summed E-state index contributed by atoms with van der Waals surface area (Å²) >= 11 is 3.56. The molecule has 0 amide bonds.